The molecule has 0 bridgehead atoms. The summed E-state index contributed by atoms with van der Waals surface area (Å²) in [5.74, 6) is -0.302. The summed E-state index contributed by atoms with van der Waals surface area (Å²) in [5, 5.41) is 3.68. The Morgan fingerprint density at radius 3 is 2.47 bits per heavy atom. The van der Waals surface area contributed by atoms with Gasteiger partial charge in [0.25, 0.3) is 0 Å². The summed E-state index contributed by atoms with van der Waals surface area (Å²) in [6.45, 7) is 0. The number of aromatic nitrogens is 2. The fourth-order valence-electron chi connectivity index (χ4n) is 5.03. The van der Waals surface area contributed by atoms with Crippen LogP contribution in [0.25, 0.3) is 11.0 Å². The zero-order chi connectivity index (χ0) is 25.2. The molecule has 0 aliphatic heterocycles. The van der Waals surface area contributed by atoms with E-state index in [1.165, 1.54) is 12.1 Å². The molecule has 5 rings (SSSR count). The Morgan fingerprint density at radius 1 is 1.06 bits per heavy atom. The highest BCUT2D eigenvalue weighted by atomic mass is 35.5. The highest BCUT2D eigenvalue weighted by molar-refractivity contribution is 6.31. The van der Waals surface area contributed by atoms with Crippen LogP contribution in [0.2, 0.25) is 10.0 Å². The molecular formula is C28H26Cl2FN3O2. The van der Waals surface area contributed by atoms with E-state index in [1.807, 2.05) is 42.5 Å². The molecular weight excluding hydrogens is 500 g/mol. The van der Waals surface area contributed by atoms with Crippen LogP contribution in [0.5, 0.6) is 0 Å². The Morgan fingerprint density at radius 2 is 1.78 bits per heavy atom. The van der Waals surface area contributed by atoms with Crippen LogP contribution in [0.1, 0.15) is 54.8 Å². The highest BCUT2D eigenvalue weighted by Gasteiger charge is 2.33. The van der Waals surface area contributed by atoms with Gasteiger partial charge in [-0.1, -0.05) is 78.5 Å². The van der Waals surface area contributed by atoms with Gasteiger partial charge in [-0.25, -0.2) is 9.37 Å². The first-order valence-corrected chi connectivity index (χ1v) is 12.7. The monoisotopic (exact) mass is 525 g/mol. The molecule has 1 N–H and O–H groups in total. The summed E-state index contributed by atoms with van der Waals surface area (Å²) in [7, 11) is 1.59. The fraction of sp³-hybridized carbons (Fsp3) is 0.286. The zero-order valence-corrected chi connectivity index (χ0v) is 21.3. The molecule has 1 heterocycles. The van der Waals surface area contributed by atoms with E-state index < -0.39 is 18.0 Å². The van der Waals surface area contributed by atoms with E-state index >= 15 is 0 Å². The Balaban J connectivity index is 1.75. The third kappa shape index (κ3) is 4.85. The molecule has 0 saturated heterocycles. The normalized spacial score (nSPS) is 15.8. The number of amides is 1. The van der Waals surface area contributed by atoms with Gasteiger partial charge in [0.15, 0.2) is 0 Å². The second kappa shape index (κ2) is 10.6. The smallest absolute Gasteiger partial charge is 0.247 e. The number of ether oxygens (including phenoxy) is 1. The van der Waals surface area contributed by atoms with E-state index in [4.69, 9.17) is 32.9 Å². The van der Waals surface area contributed by atoms with Gasteiger partial charge in [-0.3, -0.25) is 4.79 Å². The summed E-state index contributed by atoms with van der Waals surface area (Å²) in [6, 6.07) is 18.9. The topological polar surface area (TPSA) is 56.2 Å². The molecule has 1 amide bonds. The van der Waals surface area contributed by atoms with Gasteiger partial charge in [-0.15, -0.1) is 0 Å². The predicted octanol–water partition coefficient (Wildman–Crippen LogP) is 6.87. The average molecular weight is 526 g/mol. The van der Waals surface area contributed by atoms with Crippen molar-refractivity contribution in [2.24, 2.45) is 0 Å². The molecule has 1 aliphatic rings. The molecule has 2 atom stereocenters. The SMILES string of the molecule is COC(c1ccccc1)c1nc2cc(F)c(Cl)cc2n1C(C(=O)NC1CCCC1)c1cccc(Cl)c1. The summed E-state index contributed by atoms with van der Waals surface area (Å²) >= 11 is 12.6. The van der Waals surface area contributed by atoms with Crippen molar-refractivity contribution in [2.75, 3.05) is 7.11 Å². The van der Waals surface area contributed by atoms with E-state index in [-0.39, 0.29) is 17.0 Å². The van der Waals surface area contributed by atoms with Crippen LogP contribution in [-0.4, -0.2) is 28.6 Å². The molecule has 36 heavy (non-hydrogen) atoms. The van der Waals surface area contributed by atoms with Gasteiger partial charge >= 0.3 is 0 Å². The van der Waals surface area contributed by atoms with Gasteiger partial charge in [0, 0.05) is 24.2 Å². The lowest BCUT2D eigenvalue weighted by Crippen LogP contribution is -2.39. The number of methoxy groups -OCH3 is 1. The molecule has 0 radical (unpaired) electrons. The molecule has 8 heteroatoms. The molecule has 4 aromatic rings. The number of hydrogen-bond donors (Lipinski definition) is 1. The number of rotatable bonds is 7. The van der Waals surface area contributed by atoms with Gasteiger partial charge in [0.05, 0.1) is 16.1 Å². The quantitative estimate of drug-likeness (QED) is 0.286. The minimum atomic E-state index is -0.827. The van der Waals surface area contributed by atoms with Crippen molar-refractivity contribution in [1.29, 1.82) is 0 Å². The molecule has 1 saturated carbocycles. The Labute approximate surface area is 219 Å². The highest BCUT2D eigenvalue weighted by Crippen LogP contribution is 2.36. The van der Waals surface area contributed by atoms with Crippen LogP contribution in [0.4, 0.5) is 4.39 Å². The number of fused-ring (bicyclic) bond motifs is 1. The van der Waals surface area contributed by atoms with E-state index in [9.17, 15) is 9.18 Å². The van der Waals surface area contributed by atoms with E-state index in [2.05, 4.69) is 5.32 Å². The van der Waals surface area contributed by atoms with Gasteiger partial charge in [-0.05, 0) is 42.2 Å². The molecule has 1 aliphatic carbocycles. The predicted molar refractivity (Wildman–Crippen MR) is 140 cm³/mol. The van der Waals surface area contributed by atoms with Crippen molar-refractivity contribution in [2.45, 2.75) is 43.9 Å². The lowest BCUT2D eigenvalue weighted by molar-refractivity contribution is -0.123. The third-order valence-corrected chi connectivity index (χ3v) is 7.23. The van der Waals surface area contributed by atoms with Crippen LogP contribution in [0.15, 0.2) is 66.7 Å². The van der Waals surface area contributed by atoms with Gasteiger partial charge < -0.3 is 14.6 Å². The van der Waals surface area contributed by atoms with Crippen LogP contribution in [0.3, 0.4) is 0 Å². The minimum Gasteiger partial charge on any atom is -0.369 e. The second-order valence-corrected chi connectivity index (χ2v) is 9.91. The van der Waals surface area contributed by atoms with Crippen LogP contribution >= 0.6 is 23.2 Å². The van der Waals surface area contributed by atoms with Crippen LogP contribution in [0, 0.1) is 5.82 Å². The number of hydrogen-bond acceptors (Lipinski definition) is 3. The summed E-state index contributed by atoms with van der Waals surface area (Å²) < 4.78 is 22.2. The lowest BCUT2D eigenvalue weighted by Gasteiger charge is -2.26. The average Bonchev–Trinajstić information content (AvgIpc) is 3.50. The first-order valence-electron chi connectivity index (χ1n) is 12.0. The standard InChI is InChI=1S/C28H26Cl2FN3O2/c1-36-26(17-8-3-2-4-9-17)27-33-23-16-22(31)21(30)15-24(23)34(27)25(18-10-7-11-19(29)14-18)28(35)32-20-12-5-6-13-20/h2-4,7-11,14-16,20,25-26H,5-6,12-13H2,1H3,(H,32,35). The van der Waals surface area contributed by atoms with Crippen molar-refractivity contribution >= 4 is 40.1 Å². The maximum absolute atomic E-state index is 14.5. The van der Waals surface area contributed by atoms with Crippen molar-refractivity contribution in [3.05, 3.63) is 99.5 Å². The molecule has 5 nitrogen and oxygen atoms in total. The largest absolute Gasteiger partial charge is 0.369 e. The molecule has 0 spiro atoms. The number of carbonyl (C=O) groups is 1. The Bertz CT molecular complexity index is 1390. The second-order valence-electron chi connectivity index (χ2n) is 9.07. The zero-order valence-electron chi connectivity index (χ0n) is 19.8. The van der Waals surface area contributed by atoms with Crippen molar-refractivity contribution in [3.63, 3.8) is 0 Å². The number of nitrogens with one attached hydrogen (secondary N) is 1. The minimum absolute atomic E-state index is 0.0510. The van der Waals surface area contributed by atoms with E-state index in [1.54, 1.807) is 23.8 Å². The van der Waals surface area contributed by atoms with Crippen molar-refractivity contribution in [3.8, 4) is 0 Å². The molecule has 1 fully saturated rings. The number of benzene rings is 3. The maximum atomic E-state index is 14.5. The summed E-state index contributed by atoms with van der Waals surface area (Å²) in [5.41, 5.74) is 2.44. The van der Waals surface area contributed by atoms with Gasteiger partial charge in [-0.2, -0.15) is 0 Å². The fourth-order valence-corrected chi connectivity index (χ4v) is 5.39. The Hall–Kier alpha value is -2.93. The Kier molecular flexibility index (Phi) is 7.28. The molecule has 186 valence electrons. The molecule has 2 unspecified atom stereocenters. The summed E-state index contributed by atoms with van der Waals surface area (Å²) in [4.78, 5) is 18.7. The van der Waals surface area contributed by atoms with E-state index in [0.29, 0.717) is 27.4 Å². The maximum Gasteiger partial charge on any atom is 0.247 e. The lowest BCUT2D eigenvalue weighted by atomic mass is 10.0. The molecule has 1 aromatic heterocycles. The van der Waals surface area contributed by atoms with E-state index in [0.717, 1.165) is 31.2 Å². The summed E-state index contributed by atoms with van der Waals surface area (Å²) in [6.07, 6.45) is 3.43. The van der Waals surface area contributed by atoms with Crippen molar-refractivity contribution < 1.29 is 13.9 Å². The molecule has 3 aromatic carbocycles. The van der Waals surface area contributed by atoms with Crippen LogP contribution in [-0.2, 0) is 9.53 Å². The number of nitrogens with zero attached hydrogens (tertiary/aromatic N) is 2. The first kappa shape index (κ1) is 24.8. The van der Waals surface area contributed by atoms with Gasteiger partial charge in [0.2, 0.25) is 5.91 Å². The number of halogens is 3. The van der Waals surface area contributed by atoms with Crippen LogP contribution < -0.4 is 5.32 Å². The third-order valence-electron chi connectivity index (χ3n) is 6.70. The van der Waals surface area contributed by atoms with Crippen molar-refractivity contribution in [1.82, 2.24) is 14.9 Å². The van der Waals surface area contributed by atoms with Gasteiger partial charge in [0.1, 0.15) is 23.8 Å². The number of imidazole rings is 1. The number of carbonyl (C=O) groups excluding carboxylic acids is 1. The first-order chi connectivity index (χ1) is 17.5.